The summed E-state index contributed by atoms with van der Waals surface area (Å²) in [7, 11) is 6.41. The lowest BCUT2D eigenvalue weighted by Gasteiger charge is -2.70. The number of likely N-dealkylation sites (tertiary alicyclic amines) is 1. The van der Waals surface area contributed by atoms with Crippen LogP contribution < -0.4 is 0 Å². The molecule has 0 radical (unpaired) electrons. The van der Waals surface area contributed by atoms with Crippen molar-refractivity contribution in [2.75, 3.05) is 48.1 Å². The van der Waals surface area contributed by atoms with Crippen LogP contribution >= 0.6 is 0 Å². The number of hydrogen-bond acceptors (Lipinski definition) is 12. The molecule has 6 unspecified atom stereocenters. The number of unbranched alkanes of at least 4 members (excludes halogenated alkanes) is 11. The van der Waals surface area contributed by atoms with Crippen molar-refractivity contribution < 1.29 is 53.3 Å². The molecule has 3 N–H and O–H groups in total. The molecule has 1 spiro atoms. The molecule has 348 valence electrons. The summed E-state index contributed by atoms with van der Waals surface area (Å²) < 4.78 is 38.7. The summed E-state index contributed by atoms with van der Waals surface area (Å²) in [5.74, 6) is -3.50. The Morgan fingerprint density at radius 2 is 1.48 bits per heavy atom. The van der Waals surface area contributed by atoms with Crippen LogP contribution in [0.2, 0.25) is 0 Å². The minimum absolute atomic E-state index is 0.0836. The van der Waals surface area contributed by atoms with Crippen LogP contribution in [0.3, 0.4) is 0 Å². The second-order valence-corrected chi connectivity index (χ2v) is 19.6. The zero-order valence-corrected chi connectivity index (χ0v) is 38.4. The number of carbonyl (C=O) groups excluding carboxylic acids is 2. The van der Waals surface area contributed by atoms with E-state index in [0.29, 0.717) is 31.5 Å². The molecule has 0 aromatic heterocycles. The van der Waals surface area contributed by atoms with Crippen LogP contribution in [0.5, 0.6) is 0 Å². The second kappa shape index (κ2) is 20.0. The summed E-state index contributed by atoms with van der Waals surface area (Å²) in [6.07, 6.45) is 14.0. The summed E-state index contributed by atoms with van der Waals surface area (Å²) in [6.45, 7) is 5.67. The number of aliphatic hydroxyl groups is 3. The Labute approximate surface area is 370 Å². The lowest BCUT2D eigenvalue weighted by atomic mass is 9.42. The van der Waals surface area contributed by atoms with Gasteiger partial charge < -0.3 is 43.7 Å². The fraction of sp³-hybridized carbons (Fsp3) is 0.800. The van der Waals surface area contributed by atoms with Crippen molar-refractivity contribution in [2.24, 2.45) is 34.5 Å². The van der Waals surface area contributed by atoms with Gasteiger partial charge in [-0.15, -0.1) is 0 Å². The van der Waals surface area contributed by atoms with Crippen molar-refractivity contribution in [3.63, 3.8) is 0 Å². The van der Waals surface area contributed by atoms with Crippen LogP contribution in [0, 0.1) is 34.5 Å². The molecule has 5 saturated carbocycles. The van der Waals surface area contributed by atoms with Gasteiger partial charge in [-0.25, -0.2) is 4.79 Å². The summed E-state index contributed by atoms with van der Waals surface area (Å²) >= 11 is 0. The highest BCUT2D eigenvalue weighted by atomic mass is 16.6. The summed E-state index contributed by atoms with van der Waals surface area (Å²) in [5, 5.41) is 38.4. The first kappa shape index (κ1) is 47.5. The Hall–Kier alpha value is -2.42. The third kappa shape index (κ3) is 7.62. The molecule has 7 rings (SSSR count). The summed E-state index contributed by atoms with van der Waals surface area (Å²) in [5.41, 5.74) is -4.85. The zero-order valence-electron chi connectivity index (χ0n) is 38.4. The van der Waals surface area contributed by atoms with Crippen LogP contribution in [-0.2, 0) is 33.2 Å². The van der Waals surface area contributed by atoms with Crippen molar-refractivity contribution in [1.29, 1.82) is 0 Å². The van der Waals surface area contributed by atoms with Crippen LogP contribution in [0.25, 0.3) is 0 Å². The molecule has 1 heterocycles. The first-order chi connectivity index (χ1) is 30.0. The molecule has 6 aliphatic rings. The van der Waals surface area contributed by atoms with Crippen LogP contribution in [-0.4, -0.2) is 134 Å². The van der Waals surface area contributed by atoms with Gasteiger partial charge in [0.1, 0.15) is 23.9 Å². The van der Waals surface area contributed by atoms with Gasteiger partial charge in [0.15, 0.2) is 5.60 Å². The van der Waals surface area contributed by atoms with E-state index < -0.39 is 88.3 Å². The maximum Gasteiger partial charge on any atom is 0.338 e. The monoisotopic (exact) mass is 868 g/mol. The lowest BCUT2D eigenvalue weighted by Crippen LogP contribution is -2.81. The smallest absolute Gasteiger partial charge is 0.338 e. The van der Waals surface area contributed by atoms with Gasteiger partial charge in [0.05, 0.1) is 30.5 Å². The molecule has 12 nitrogen and oxygen atoms in total. The Bertz CT molecular complexity index is 1680. The number of aliphatic hydroxyl groups excluding tert-OH is 2. The van der Waals surface area contributed by atoms with E-state index in [1.54, 1.807) is 45.6 Å². The lowest BCUT2D eigenvalue weighted by molar-refractivity contribution is -0.323. The SMILES string of the molecule is CCCCCCCC/C=C\CCCCCCCC(=O)O[C@]12C3C(OC(=O)c4ccccc4)C(O)(CC3[C@@]34C5[C@@H]1[C@@H](OC)C3[C@](COC)(CN5CC)[C@@H](O)C[C@@H]4OC)[C@@H](OC)[C@@H]2O. The third-order valence-electron chi connectivity index (χ3n) is 16.8. The van der Waals surface area contributed by atoms with Crippen LogP contribution in [0.1, 0.15) is 127 Å². The van der Waals surface area contributed by atoms with E-state index in [4.69, 9.17) is 28.4 Å². The molecule has 1 aromatic rings. The molecule has 1 aromatic carbocycles. The minimum atomic E-state index is -1.85. The third-order valence-corrected chi connectivity index (χ3v) is 16.8. The predicted molar refractivity (Wildman–Crippen MR) is 234 cm³/mol. The van der Waals surface area contributed by atoms with E-state index in [1.807, 2.05) is 6.07 Å². The number of benzene rings is 1. The molecule has 1 aliphatic heterocycles. The Kier molecular flexibility index (Phi) is 15.3. The molecule has 7 bridgehead atoms. The van der Waals surface area contributed by atoms with Gasteiger partial charge in [0, 0.05) is 82.5 Å². The minimum Gasteiger partial charge on any atom is -0.455 e. The number of methoxy groups -OCH3 is 4. The highest BCUT2D eigenvalue weighted by molar-refractivity contribution is 5.89. The largest absolute Gasteiger partial charge is 0.455 e. The van der Waals surface area contributed by atoms with Gasteiger partial charge in [-0.3, -0.25) is 9.69 Å². The zero-order chi connectivity index (χ0) is 44.3. The quantitative estimate of drug-likeness (QED) is 0.0579. The second-order valence-electron chi connectivity index (χ2n) is 19.6. The molecular weight excluding hydrogens is 791 g/mol. The molecule has 0 amide bonds. The molecule has 5 aliphatic carbocycles. The maximum atomic E-state index is 14.6. The van der Waals surface area contributed by atoms with Crippen molar-refractivity contribution in [2.45, 2.75) is 170 Å². The number of carbonyl (C=O) groups is 2. The molecular formula is C50H77NO11. The Balaban J connectivity index is 1.19. The Morgan fingerprint density at radius 3 is 2.10 bits per heavy atom. The van der Waals surface area contributed by atoms with Gasteiger partial charge in [-0.1, -0.05) is 95.6 Å². The first-order valence-electron chi connectivity index (χ1n) is 24.1. The number of nitrogens with zero attached hydrogens (tertiary/aromatic N) is 1. The van der Waals surface area contributed by atoms with Gasteiger partial charge in [-0.05, 0) is 63.1 Å². The van der Waals surface area contributed by atoms with E-state index in [-0.39, 0.29) is 31.4 Å². The van der Waals surface area contributed by atoms with Crippen LogP contribution in [0.15, 0.2) is 42.5 Å². The normalized spacial score (nSPS) is 40.2. The van der Waals surface area contributed by atoms with Gasteiger partial charge in [-0.2, -0.15) is 0 Å². The highest BCUT2D eigenvalue weighted by Gasteiger charge is 2.92. The van der Waals surface area contributed by atoms with E-state index in [0.717, 1.165) is 38.5 Å². The Morgan fingerprint density at radius 1 is 0.823 bits per heavy atom. The van der Waals surface area contributed by atoms with E-state index in [9.17, 15) is 24.9 Å². The fourth-order valence-corrected chi connectivity index (χ4v) is 14.7. The molecule has 6 fully saturated rings. The number of ether oxygens (including phenoxy) is 6. The fourth-order valence-electron chi connectivity index (χ4n) is 14.7. The maximum absolute atomic E-state index is 14.6. The number of allylic oxidation sites excluding steroid dienone is 2. The number of piperidine rings is 1. The summed E-state index contributed by atoms with van der Waals surface area (Å²) in [4.78, 5) is 31.0. The topological polar surface area (TPSA) is 153 Å². The van der Waals surface area contributed by atoms with E-state index in [1.165, 1.54) is 45.6 Å². The number of hydrogen-bond donors (Lipinski definition) is 3. The number of esters is 2. The molecule has 12 heteroatoms. The van der Waals surface area contributed by atoms with Gasteiger partial charge >= 0.3 is 11.9 Å². The van der Waals surface area contributed by atoms with E-state index in [2.05, 4.69) is 30.9 Å². The van der Waals surface area contributed by atoms with Crippen molar-refractivity contribution in [3.8, 4) is 0 Å². The van der Waals surface area contributed by atoms with Gasteiger partial charge in [0.25, 0.3) is 0 Å². The first-order valence-corrected chi connectivity index (χ1v) is 24.1. The van der Waals surface area contributed by atoms with Crippen LogP contribution in [0.4, 0.5) is 0 Å². The van der Waals surface area contributed by atoms with Crippen molar-refractivity contribution in [1.82, 2.24) is 4.90 Å². The standard InChI is InChI=1S/C50H77NO11/c1-7-9-10-11-12-13-14-15-16-17-18-19-20-21-25-28-37(53)62-50-38-34(30-48(56,45(60-6)43(50)54)44(38)61-46(55)33-26-23-22-24-27-33)49-36(58-4)29-35(52)47(32-57-3)31-51(8-2)42(49)39(50)40(59-5)41(47)49/h15-16,22-24,26-27,34-36,38-45,52,54,56H,7-14,17-21,25,28-32H2,1-6H3/b16-15-/t34?,35-,36-,38?,39-,40+,41?,42?,43-,44?,45-,47-,48?,49-,50+/m0/s1. The molecule has 62 heavy (non-hydrogen) atoms. The average molecular weight is 868 g/mol. The van der Waals surface area contributed by atoms with Crippen molar-refractivity contribution >= 4 is 11.9 Å². The summed E-state index contributed by atoms with van der Waals surface area (Å²) in [6, 6.07) is 8.31. The number of rotatable bonds is 24. The molecule has 1 saturated heterocycles. The average Bonchev–Trinajstić information content (AvgIpc) is 3.65. The van der Waals surface area contributed by atoms with Crippen molar-refractivity contribution in [3.05, 3.63) is 48.0 Å². The number of fused-ring (bicyclic) bond motifs is 2. The predicted octanol–water partition coefficient (Wildman–Crippen LogP) is 6.67. The van der Waals surface area contributed by atoms with E-state index >= 15 is 0 Å². The molecule has 15 atom stereocenters. The highest BCUT2D eigenvalue weighted by Crippen LogP contribution is 2.80. The van der Waals surface area contributed by atoms with Gasteiger partial charge in [0.2, 0.25) is 0 Å².